The van der Waals surface area contributed by atoms with Gasteiger partial charge in [-0.15, -0.1) is 0 Å². The molecule has 0 aliphatic heterocycles. The maximum atomic E-state index is 12.6. The van der Waals surface area contributed by atoms with Gasteiger partial charge in [0.25, 0.3) is 11.5 Å². The number of aryl methyl sites for hydroxylation is 1. The molecular formula is C20H25N3O4. The van der Waals surface area contributed by atoms with Gasteiger partial charge in [-0.3, -0.25) is 19.3 Å². The fraction of sp³-hybridized carbons (Fsp3) is 0.450. The van der Waals surface area contributed by atoms with Crippen LogP contribution < -0.4 is 10.9 Å². The van der Waals surface area contributed by atoms with Gasteiger partial charge in [0.2, 0.25) is 0 Å². The van der Waals surface area contributed by atoms with Crippen LogP contribution in [0.2, 0.25) is 0 Å². The number of Topliss-reactive ketones (excluding diaryl/α,β-unsaturated/α-hetero) is 1. The number of nitrogens with zero attached hydrogens (tertiary/aromatic N) is 1. The van der Waals surface area contributed by atoms with Gasteiger partial charge >= 0.3 is 0 Å². The van der Waals surface area contributed by atoms with E-state index in [-0.39, 0.29) is 17.4 Å². The summed E-state index contributed by atoms with van der Waals surface area (Å²) in [5, 5.41) is 2.83. The molecule has 0 spiro atoms. The topological polar surface area (TPSA) is 95.4 Å². The number of rotatable bonds is 7. The van der Waals surface area contributed by atoms with Gasteiger partial charge in [0.1, 0.15) is 11.3 Å². The van der Waals surface area contributed by atoms with Crippen molar-refractivity contribution in [3.8, 4) is 0 Å². The van der Waals surface area contributed by atoms with Crippen LogP contribution in [-0.4, -0.2) is 41.2 Å². The highest BCUT2D eigenvalue weighted by atomic mass is 16.3. The normalized spacial score (nSPS) is 14.9. The lowest BCUT2D eigenvalue weighted by Gasteiger charge is -2.28. The van der Waals surface area contributed by atoms with Gasteiger partial charge in [-0.2, -0.15) is 0 Å². The Morgan fingerprint density at radius 3 is 2.74 bits per heavy atom. The molecule has 1 atom stereocenters. The molecule has 144 valence electrons. The Kier molecular flexibility index (Phi) is 5.91. The summed E-state index contributed by atoms with van der Waals surface area (Å²) in [6.07, 6.45) is 3.43. The van der Waals surface area contributed by atoms with Crippen molar-refractivity contribution in [1.82, 2.24) is 15.2 Å². The number of fused-ring (bicyclic) bond motifs is 1. The van der Waals surface area contributed by atoms with Gasteiger partial charge in [-0.05, 0) is 44.1 Å². The third-order valence-corrected chi connectivity index (χ3v) is 5.08. The highest BCUT2D eigenvalue weighted by Crippen LogP contribution is 2.21. The maximum Gasteiger partial charge on any atom is 0.261 e. The van der Waals surface area contributed by atoms with Gasteiger partial charge in [0.05, 0.1) is 12.3 Å². The predicted molar refractivity (Wildman–Crippen MR) is 101 cm³/mol. The molecule has 0 aromatic carbocycles. The van der Waals surface area contributed by atoms with Crippen molar-refractivity contribution in [3.05, 3.63) is 57.4 Å². The zero-order chi connectivity index (χ0) is 19.4. The predicted octanol–water partition coefficient (Wildman–Crippen LogP) is 2.30. The molecule has 1 aliphatic rings. The maximum absolute atomic E-state index is 12.6. The summed E-state index contributed by atoms with van der Waals surface area (Å²) in [4.78, 5) is 41.9. The summed E-state index contributed by atoms with van der Waals surface area (Å²) < 4.78 is 5.52. The fourth-order valence-electron chi connectivity index (χ4n) is 3.58. The van der Waals surface area contributed by atoms with E-state index < -0.39 is 11.5 Å². The van der Waals surface area contributed by atoms with E-state index in [1.807, 2.05) is 26.0 Å². The van der Waals surface area contributed by atoms with E-state index >= 15 is 0 Å². The summed E-state index contributed by atoms with van der Waals surface area (Å²) in [6, 6.07) is 4.99. The number of likely N-dealkylation sites (N-methyl/N-ethyl adjacent to an activating group) is 1. The zero-order valence-corrected chi connectivity index (χ0v) is 15.7. The standard InChI is InChI=1S/C20H25N3O4/c1-3-23(4-2)16(18-9-6-10-27-18)12-21-19(25)14-11-13-15(22-20(14)26)7-5-8-17(13)24/h6,9-11,16H,3-5,7-8,12H2,1-2H3,(H,21,25)(H,22,26)/t16-/m0/s1. The van der Waals surface area contributed by atoms with Gasteiger partial charge in [-0.1, -0.05) is 13.8 Å². The molecule has 2 heterocycles. The van der Waals surface area contributed by atoms with Crippen LogP contribution in [0.1, 0.15) is 64.9 Å². The summed E-state index contributed by atoms with van der Waals surface area (Å²) in [5.41, 5.74) is 0.599. The minimum absolute atomic E-state index is 0.0262. The molecule has 2 aromatic rings. The molecule has 0 saturated carbocycles. The smallest absolute Gasteiger partial charge is 0.261 e. The van der Waals surface area contributed by atoms with Crippen LogP contribution in [0.4, 0.5) is 0 Å². The Morgan fingerprint density at radius 1 is 1.30 bits per heavy atom. The highest BCUT2D eigenvalue weighted by Gasteiger charge is 2.24. The number of carbonyl (C=O) groups excluding carboxylic acids is 2. The number of nitrogens with one attached hydrogen (secondary N) is 2. The van der Waals surface area contributed by atoms with E-state index in [1.165, 1.54) is 6.07 Å². The number of aromatic amines is 1. The zero-order valence-electron chi connectivity index (χ0n) is 15.7. The number of pyridine rings is 1. The van der Waals surface area contributed by atoms with Gasteiger partial charge < -0.3 is 14.7 Å². The first-order chi connectivity index (χ1) is 13.0. The molecular weight excluding hydrogens is 346 g/mol. The Hall–Kier alpha value is -2.67. The van der Waals surface area contributed by atoms with Gasteiger partial charge in [0, 0.05) is 24.2 Å². The first-order valence-corrected chi connectivity index (χ1v) is 9.40. The molecule has 2 aromatic heterocycles. The minimum Gasteiger partial charge on any atom is -0.468 e. The number of aromatic nitrogens is 1. The van der Waals surface area contributed by atoms with Crippen LogP contribution in [-0.2, 0) is 6.42 Å². The van der Waals surface area contributed by atoms with Crippen LogP contribution in [0.5, 0.6) is 0 Å². The van der Waals surface area contributed by atoms with E-state index in [1.54, 1.807) is 6.26 Å². The molecule has 3 rings (SSSR count). The number of H-pyrrole nitrogens is 1. The first-order valence-electron chi connectivity index (χ1n) is 9.40. The first kappa shape index (κ1) is 19.1. The Labute approximate surface area is 157 Å². The molecule has 1 amide bonds. The molecule has 2 N–H and O–H groups in total. The Morgan fingerprint density at radius 2 is 2.07 bits per heavy atom. The Balaban J connectivity index is 1.79. The average molecular weight is 371 g/mol. The Bertz CT molecular complexity index is 866. The van der Waals surface area contributed by atoms with Crippen molar-refractivity contribution in [2.24, 2.45) is 0 Å². The van der Waals surface area contributed by atoms with Crippen LogP contribution in [0.15, 0.2) is 33.7 Å². The lowest BCUT2D eigenvalue weighted by Crippen LogP contribution is -2.39. The van der Waals surface area contributed by atoms with Crippen LogP contribution in [0.25, 0.3) is 0 Å². The molecule has 7 heteroatoms. The molecule has 0 saturated heterocycles. The number of amides is 1. The third kappa shape index (κ3) is 4.03. The largest absolute Gasteiger partial charge is 0.468 e. The number of carbonyl (C=O) groups is 2. The third-order valence-electron chi connectivity index (χ3n) is 5.08. The molecule has 0 radical (unpaired) electrons. The molecule has 0 fully saturated rings. The second-order valence-electron chi connectivity index (χ2n) is 6.64. The average Bonchev–Trinajstić information content (AvgIpc) is 3.19. The second-order valence-corrected chi connectivity index (χ2v) is 6.64. The van der Waals surface area contributed by atoms with Gasteiger partial charge in [-0.25, -0.2) is 0 Å². The number of hydrogen-bond acceptors (Lipinski definition) is 5. The van der Waals surface area contributed by atoms with E-state index in [4.69, 9.17) is 4.42 Å². The molecule has 27 heavy (non-hydrogen) atoms. The lowest BCUT2D eigenvalue weighted by molar-refractivity contribution is 0.0928. The number of ketones is 1. The second kappa shape index (κ2) is 8.35. The number of hydrogen-bond donors (Lipinski definition) is 2. The van der Waals surface area contributed by atoms with Crippen molar-refractivity contribution in [2.75, 3.05) is 19.6 Å². The summed E-state index contributed by atoms with van der Waals surface area (Å²) in [7, 11) is 0. The van der Waals surface area contributed by atoms with E-state index in [0.29, 0.717) is 30.6 Å². The fourth-order valence-corrected chi connectivity index (χ4v) is 3.58. The SMILES string of the molecule is CCN(CC)[C@@H](CNC(=O)c1cc2c([nH]c1=O)CCCC2=O)c1ccco1. The molecule has 1 aliphatic carbocycles. The summed E-state index contributed by atoms with van der Waals surface area (Å²) in [6.45, 7) is 5.98. The van der Waals surface area contributed by atoms with Crippen LogP contribution in [0.3, 0.4) is 0 Å². The lowest BCUT2D eigenvalue weighted by atomic mass is 9.93. The van der Waals surface area contributed by atoms with Crippen molar-refractivity contribution in [3.63, 3.8) is 0 Å². The van der Waals surface area contributed by atoms with Crippen LogP contribution >= 0.6 is 0 Å². The minimum atomic E-state index is -0.485. The van der Waals surface area contributed by atoms with E-state index in [9.17, 15) is 14.4 Å². The van der Waals surface area contributed by atoms with E-state index in [2.05, 4.69) is 15.2 Å². The summed E-state index contributed by atoms with van der Waals surface area (Å²) in [5.74, 6) is 0.243. The van der Waals surface area contributed by atoms with Crippen molar-refractivity contribution < 1.29 is 14.0 Å². The van der Waals surface area contributed by atoms with Crippen molar-refractivity contribution in [2.45, 2.75) is 39.2 Å². The van der Waals surface area contributed by atoms with Crippen molar-refractivity contribution >= 4 is 11.7 Å². The summed E-state index contributed by atoms with van der Waals surface area (Å²) >= 11 is 0. The number of furan rings is 1. The molecule has 0 bridgehead atoms. The quantitative estimate of drug-likeness (QED) is 0.779. The highest BCUT2D eigenvalue weighted by molar-refractivity contribution is 6.01. The van der Waals surface area contributed by atoms with E-state index in [0.717, 1.165) is 25.3 Å². The van der Waals surface area contributed by atoms with Gasteiger partial charge in [0.15, 0.2) is 5.78 Å². The monoisotopic (exact) mass is 371 g/mol. The van der Waals surface area contributed by atoms with Crippen LogP contribution in [0, 0.1) is 0 Å². The molecule has 7 nitrogen and oxygen atoms in total. The molecule has 0 unspecified atom stereocenters. The van der Waals surface area contributed by atoms with Crippen molar-refractivity contribution in [1.29, 1.82) is 0 Å².